The molecule has 1 aliphatic rings. The zero-order chi connectivity index (χ0) is 8.55. The minimum absolute atomic E-state index is 0.241. The van der Waals surface area contributed by atoms with Gasteiger partial charge in [0.1, 0.15) is 0 Å². The summed E-state index contributed by atoms with van der Waals surface area (Å²) in [5.74, 6) is 0. The highest BCUT2D eigenvalue weighted by atomic mass is 35.5. The van der Waals surface area contributed by atoms with E-state index < -0.39 is 0 Å². The second-order valence-corrected chi connectivity index (χ2v) is 4.67. The molecular formula is C8H10ClNOS. The van der Waals surface area contributed by atoms with Crippen molar-refractivity contribution in [1.82, 2.24) is 4.98 Å². The Labute approximate surface area is 80.5 Å². The second-order valence-electron chi connectivity index (χ2n) is 3.03. The van der Waals surface area contributed by atoms with E-state index in [1.54, 1.807) is 0 Å². The molecule has 4 heteroatoms. The lowest BCUT2D eigenvalue weighted by Gasteiger charge is -2.06. The van der Waals surface area contributed by atoms with Gasteiger partial charge in [0.05, 0.1) is 17.1 Å². The Balaban J connectivity index is 2.11. The minimum Gasteiger partial charge on any atom is -0.370 e. The lowest BCUT2D eigenvalue weighted by atomic mass is 10.2. The first kappa shape index (κ1) is 8.48. The summed E-state index contributed by atoms with van der Waals surface area (Å²) >= 11 is 7.24. The molecule has 0 bridgehead atoms. The molecule has 1 aromatic heterocycles. The highest BCUT2D eigenvalue weighted by Crippen LogP contribution is 2.36. The number of halogens is 1. The molecule has 0 saturated carbocycles. The van der Waals surface area contributed by atoms with Gasteiger partial charge in [0.2, 0.25) is 0 Å². The largest absolute Gasteiger partial charge is 0.370 e. The van der Waals surface area contributed by atoms with Crippen LogP contribution in [0.4, 0.5) is 0 Å². The van der Waals surface area contributed by atoms with Gasteiger partial charge >= 0.3 is 0 Å². The SMILES string of the molecule is CC1CCC(c2cnc(Cl)s2)O1. The molecule has 0 aliphatic carbocycles. The Morgan fingerprint density at radius 1 is 1.67 bits per heavy atom. The number of hydrogen-bond acceptors (Lipinski definition) is 3. The predicted molar refractivity (Wildman–Crippen MR) is 49.6 cm³/mol. The van der Waals surface area contributed by atoms with Crippen molar-refractivity contribution in [2.45, 2.75) is 32.0 Å². The molecule has 1 aliphatic heterocycles. The van der Waals surface area contributed by atoms with Crippen molar-refractivity contribution in [3.63, 3.8) is 0 Å². The van der Waals surface area contributed by atoms with Crippen molar-refractivity contribution >= 4 is 22.9 Å². The van der Waals surface area contributed by atoms with Gasteiger partial charge in [-0.2, -0.15) is 0 Å². The highest BCUT2D eigenvalue weighted by Gasteiger charge is 2.24. The minimum atomic E-state index is 0.241. The van der Waals surface area contributed by atoms with Crippen molar-refractivity contribution < 1.29 is 4.74 Å². The zero-order valence-electron chi connectivity index (χ0n) is 6.79. The molecule has 66 valence electrons. The molecule has 0 aromatic carbocycles. The molecule has 2 rings (SSSR count). The summed E-state index contributed by atoms with van der Waals surface area (Å²) in [4.78, 5) is 5.15. The molecule has 2 heterocycles. The van der Waals surface area contributed by atoms with Crippen LogP contribution in [-0.2, 0) is 4.74 Å². The fourth-order valence-electron chi connectivity index (χ4n) is 1.43. The van der Waals surface area contributed by atoms with Crippen molar-refractivity contribution in [2.24, 2.45) is 0 Å². The number of rotatable bonds is 1. The highest BCUT2D eigenvalue weighted by molar-refractivity contribution is 7.15. The molecule has 1 fully saturated rings. The fourth-order valence-corrected chi connectivity index (χ4v) is 2.45. The van der Waals surface area contributed by atoms with Crippen LogP contribution in [-0.4, -0.2) is 11.1 Å². The monoisotopic (exact) mass is 203 g/mol. The fraction of sp³-hybridized carbons (Fsp3) is 0.625. The smallest absolute Gasteiger partial charge is 0.183 e. The summed E-state index contributed by atoms with van der Waals surface area (Å²) in [6.07, 6.45) is 4.68. The van der Waals surface area contributed by atoms with Crippen LogP contribution in [0.3, 0.4) is 0 Å². The average Bonchev–Trinajstić information content (AvgIpc) is 2.58. The summed E-state index contributed by atoms with van der Waals surface area (Å²) in [5.41, 5.74) is 0. The third-order valence-corrected chi connectivity index (χ3v) is 3.25. The van der Waals surface area contributed by atoms with Crippen LogP contribution >= 0.6 is 22.9 Å². The Morgan fingerprint density at radius 3 is 3.00 bits per heavy atom. The normalized spacial score (nSPS) is 29.5. The van der Waals surface area contributed by atoms with Crippen molar-refractivity contribution in [3.05, 3.63) is 15.5 Å². The van der Waals surface area contributed by atoms with Crippen molar-refractivity contribution in [2.75, 3.05) is 0 Å². The van der Waals surface area contributed by atoms with E-state index in [9.17, 15) is 0 Å². The lowest BCUT2D eigenvalue weighted by molar-refractivity contribution is 0.0575. The molecular weight excluding hydrogens is 194 g/mol. The van der Waals surface area contributed by atoms with Gasteiger partial charge in [-0.1, -0.05) is 11.6 Å². The van der Waals surface area contributed by atoms with E-state index in [1.165, 1.54) is 11.3 Å². The topological polar surface area (TPSA) is 22.1 Å². The summed E-state index contributed by atoms with van der Waals surface area (Å²) in [7, 11) is 0. The van der Waals surface area contributed by atoms with Crippen LogP contribution in [0.25, 0.3) is 0 Å². The Kier molecular flexibility index (Phi) is 2.35. The maximum atomic E-state index is 5.73. The summed E-state index contributed by atoms with van der Waals surface area (Å²) in [6, 6.07) is 0. The van der Waals surface area contributed by atoms with Crippen LogP contribution in [0.2, 0.25) is 4.47 Å². The van der Waals surface area contributed by atoms with Crippen LogP contribution in [0.15, 0.2) is 6.20 Å². The standard InChI is InChI=1S/C8H10ClNOS/c1-5-2-3-6(11-5)7-4-10-8(9)12-7/h4-6H,2-3H2,1H3. The maximum absolute atomic E-state index is 5.73. The van der Waals surface area contributed by atoms with E-state index in [0.29, 0.717) is 10.6 Å². The maximum Gasteiger partial charge on any atom is 0.183 e. The first-order valence-corrected chi connectivity index (χ1v) is 5.22. The lowest BCUT2D eigenvalue weighted by Crippen LogP contribution is -1.98. The summed E-state index contributed by atoms with van der Waals surface area (Å²) < 4.78 is 6.28. The first-order chi connectivity index (χ1) is 5.75. The Morgan fingerprint density at radius 2 is 2.50 bits per heavy atom. The van der Waals surface area contributed by atoms with E-state index >= 15 is 0 Å². The first-order valence-electron chi connectivity index (χ1n) is 4.02. The summed E-state index contributed by atoms with van der Waals surface area (Å²) in [6.45, 7) is 2.10. The van der Waals surface area contributed by atoms with E-state index in [4.69, 9.17) is 16.3 Å². The molecule has 12 heavy (non-hydrogen) atoms. The van der Waals surface area contributed by atoms with Crippen LogP contribution in [0, 0.1) is 0 Å². The van der Waals surface area contributed by atoms with Gasteiger partial charge in [0.25, 0.3) is 0 Å². The molecule has 0 N–H and O–H groups in total. The number of hydrogen-bond donors (Lipinski definition) is 0. The van der Waals surface area contributed by atoms with Gasteiger partial charge in [-0.15, -0.1) is 11.3 Å². The molecule has 1 aromatic rings. The number of thiazole rings is 1. The van der Waals surface area contributed by atoms with E-state index in [0.717, 1.165) is 17.7 Å². The predicted octanol–water partition coefficient (Wildman–Crippen LogP) is 3.04. The van der Waals surface area contributed by atoms with Gasteiger partial charge in [-0.25, -0.2) is 4.98 Å². The van der Waals surface area contributed by atoms with Crippen LogP contribution < -0.4 is 0 Å². The van der Waals surface area contributed by atoms with Crippen LogP contribution in [0.1, 0.15) is 30.7 Å². The Hall–Kier alpha value is -0.120. The van der Waals surface area contributed by atoms with Gasteiger partial charge < -0.3 is 4.74 Å². The van der Waals surface area contributed by atoms with Gasteiger partial charge in [0, 0.05) is 6.20 Å². The zero-order valence-corrected chi connectivity index (χ0v) is 8.36. The van der Waals surface area contributed by atoms with Crippen LogP contribution in [0.5, 0.6) is 0 Å². The molecule has 2 nitrogen and oxygen atoms in total. The second kappa shape index (κ2) is 3.32. The van der Waals surface area contributed by atoms with Gasteiger partial charge in [-0.05, 0) is 19.8 Å². The number of ether oxygens (including phenoxy) is 1. The molecule has 2 atom stereocenters. The molecule has 0 spiro atoms. The molecule has 0 radical (unpaired) electrons. The number of aromatic nitrogens is 1. The average molecular weight is 204 g/mol. The van der Waals surface area contributed by atoms with Crippen molar-refractivity contribution in [3.8, 4) is 0 Å². The van der Waals surface area contributed by atoms with Crippen molar-refractivity contribution in [1.29, 1.82) is 0 Å². The van der Waals surface area contributed by atoms with E-state index in [2.05, 4.69) is 11.9 Å². The van der Waals surface area contributed by atoms with Gasteiger partial charge in [-0.3, -0.25) is 0 Å². The third kappa shape index (κ3) is 1.63. The molecule has 0 amide bonds. The van der Waals surface area contributed by atoms with Gasteiger partial charge in [0.15, 0.2) is 4.47 Å². The molecule has 1 saturated heterocycles. The Bertz CT molecular complexity index is 276. The van der Waals surface area contributed by atoms with E-state index in [1.807, 2.05) is 6.20 Å². The van der Waals surface area contributed by atoms with E-state index in [-0.39, 0.29) is 6.10 Å². The number of nitrogens with zero attached hydrogens (tertiary/aromatic N) is 1. The summed E-state index contributed by atoms with van der Waals surface area (Å²) in [5, 5.41) is 0. The molecule has 2 unspecified atom stereocenters. The quantitative estimate of drug-likeness (QED) is 0.700. The third-order valence-electron chi connectivity index (χ3n) is 2.04.